The second kappa shape index (κ2) is 3.81. The Hall–Kier alpha value is -0.520. The number of rotatable bonds is 0. The number of allylic oxidation sites excluding steroid dienone is 3. The van der Waals surface area contributed by atoms with Crippen LogP contribution in [-0.4, -0.2) is 0 Å². The van der Waals surface area contributed by atoms with Crippen molar-refractivity contribution in [2.75, 3.05) is 0 Å². The van der Waals surface area contributed by atoms with Gasteiger partial charge in [-0.1, -0.05) is 37.6 Å². The minimum atomic E-state index is 0.568. The van der Waals surface area contributed by atoms with Crippen LogP contribution in [0.4, 0.5) is 0 Å². The van der Waals surface area contributed by atoms with Crippen molar-refractivity contribution in [1.82, 2.24) is 0 Å². The molecule has 0 radical (unpaired) electrons. The third-order valence-electron chi connectivity index (χ3n) is 4.57. The summed E-state index contributed by atoms with van der Waals surface area (Å²) < 4.78 is 0. The molecule has 0 heteroatoms. The van der Waals surface area contributed by atoms with E-state index in [9.17, 15) is 0 Å². The molecule has 2 aliphatic carbocycles. The van der Waals surface area contributed by atoms with Gasteiger partial charge in [-0.3, -0.25) is 0 Å². The Balaban J connectivity index is 2.12. The second-order valence-corrected chi connectivity index (χ2v) is 6.19. The minimum Gasteiger partial charge on any atom is -0.0996 e. The molecule has 0 amide bonds. The van der Waals surface area contributed by atoms with Gasteiger partial charge in [-0.25, -0.2) is 0 Å². The van der Waals surface area contributed by atoms with E-state index in [4.69, 9.17) is 0 Å². The fraction of sp³-hybridized carbons (Fsp3) is 0.733. The van der Waals surface area contributed by atoms with Gasteiger partial charge in [0.1, 0.15) is 0 Å². The van der Waals surface area contributed by atoms with E-state index in [1.54, 1.807) is 5.57 Å². The molecule has 0 bridgehead atoms. The van der Waals surface area contributed by atoms with Crippen molar-refractivity contribution in [2.24, 2.45) is 17.3 Å². The molecule has 15 heavy (non-hydrogen) atoms. The summed E-state index contributed by atoms with van der Waals surface area (Å²) in [5.74, 6) is 1.73. The molecule has 0 aromatic heterocycles. The number of fused-ring (bicyclic) bond motifs is 1. The molecule has 0 saturated heterocycles. The summed E-state index contributed by atoms with van der Waals surface area (Å²) in [5, 5.41) is 0. The molecular weight excluding hydrogens is 180 g/mol. The van der Waals surface area contributed by atoms with Gasteiger partial charge in [0.05, 0.1) is 0 Å². The van der Waals surface area contributed by atoms with Crippen LogP contribution in [0.5, 0.6) is 0 Å². The first kappa shape index (κ1) is 11.0. The Kier molecular flexibility index (Phi) is 2.79. The molecule has 0 nitrogen and oxygen atoms in total. The normalized spacial score (nSPS) is 38.9. The van der Waals surface area contributed by atoms with Crippen LogP contribution in [0.2, 0.25) is 0 Å². The molecular formula is C15H24. The first-order chi connectivity index (χ1) is 7.00. The van der Waals surface area contributed by atoms with Crippen molar-refractivity contribution in [1.29, 1.82) is 0 Å². The summed E-state index contributed by atoms with van der Waals surface area (Å²) in [4.78, 5) is 0. The molecule has 0 aromatic rings. The second-order valence-electron chi connectivity index (χ2n) is 6.19. The Bertz CT molecular complexity index is 293. The SMILES string of the molecule is C=C1CC/C=C(/C)CC[C@@H]2[C@@H]1CC2(C)C. The lowest BCUT2D eigenvalue weighted by molar-refractivity contribution is 0.00384. The first-order valence-electron chi connectivity index (χ1n) is 6.34. The van der Waals surface area contributed by atoms with E-state index in [1.807, 2.05) is 0 Å². The lowest BCUT2D eigenvalue weighted by Crippen LogP contribution is -2.44. The van der Waals surface area contributed by atoms with E-state index in [0.29, 0.717) is 5.41 Å². The lowest BCUT2D eigenvalue weighted by atomic mass is 9.52. The van der Waals surface area contributed by atoms with Gasteiger partial charge in [-0.05, 0) is 56.3 Å². The van der Waals surface area contributed by atoms with Gasteiger partial charge < -0.3 is 0 Å². The monoisotopic (exact) mass is 204 g/mol. The fourth-order valence-corrected chi connectivity index (χ4v) is 3.44. The highest BCUT2D eigenvalue weighted by atomic mass is 14.5. The van der Waals surface area contributed by atoms with Crippen LogP contribution in [-0.2, 0) is 0 Å². The molecule has 84 valence electrons. The Morgan fingerprint density at radius 1 is 1.33 bits per heavy atom. The van der Waals surface area contributed by atoms with Crippen molar-refractivity contribution in [3.63, 3.8) is 0 Å². The Labute approximate surface area is 94.5 Å². The van der Waals surface area contributed by atoms with Crippen LogP contribution in [0.3, 0.4) is 0 Å². The van der Waals surface area contributed by atoms with Crippen molar-refractivity contribution < 1.29 is 0 Å². The highest BCUT2D eigenvalue weighted by molar-refractivity contribution is 5.16. The quantitative estimate of drug-likeness (QED) is 0.501. The van der Waals surface area contributed by atoms with Crippen LogP contribution in [0.1, 0.15) is 52.9 Å². The maximum absolute atomic E-state index is 4.30. The molecule has 0 spiro atoms. The molecule has 0 aliphatic heterocycles. The molecule has 0 aromatic carbocycles. The van der Waals surface area contributed by atoms with Gasteiger partial charge in [-0.15, -0.1) is 0 Å². The Morgan fingerprint density at radius 3 is 2.73 bits per heavy atom. The predicted octanol–water partition coefficient (Wildman–Crippen LogP) is 4.73. The van der Waals surface area contributed by atoms with E-state index in [1.165, 1.54) is 37.7 Å². The first-order valence-corrected chi connectivity index (χ1v) is 6.34. The smallest absolute Gasteiger partial charge is 0.0167 e. The van der Waals surface area contributed by atoms with Crippen LogP contribution in [0, 0.1) is 17.3 Å². The molecule has 1 saturated carbocycles. The van der Waals surface area contributed by atoms with E-state index in [0.717, 1.165) is 11.8 Å². The molecule has 0 unspecified atom stereocenters. The van der Waals surface area contributed by atoms with E-state index >= 15 is 0 Å². The van der Waals surface area contributed by atoms with Crippen molar-refractivity contribution in [3.8, 4) is 0 Å². The third-order valence-corrected chi connectivity index (χ3v) is 4.57. The van der Waals surface area contributed by atoms with Gasteiger partial charge >= 0.3 is 0 Å². The van der Waals surface area contributed by atoms with E-state index in [-0.39, 0.29) is 0 Å². The molecule has 2 rings (SSSR count). The van der Waals surface area contributed by atoms with Crippen LogP contribution < -0.4 is 0 Å². The molecule has 0 heterocycles. The van der Waals surface area contributed by atoms with Gasteiger partial charge in [0.25, 0.3) is 0 Å². The van der Waals surface area contributed by atoms with Crippen molar-refractivity contribution >= 4 is 0 Å². The minimum absolute atomic E-state index is 0.568. The zero-order valence-electron chi connectivity index (χ0n) is 10.5. The average Bonchev–Trinajstić information content (AvgIpc) is 2.18. The lowest BCUT2D eigenvalue weighted by Gasteiger charge is -2.53. The standard InChI is InChI=1S/C15H24/c1-11-6-5-7-12(2)13-10-15(3,4)14(13)9-8-11/h6,13-14H,2,5,7-10H2,1,3-4H3/b11-6-/t13-,14-/m1/s1. The maximum Gasteiger partial charge on any atom is -0.0167 e. The van der Waals surface area contributed by atoms with Crippen LogP contribution >= 0.6 is 0 Å². The van der Waals surface area contributed by atoms with Gasteiger partial charge in [0.2, 0.25) is 0 Å². The summed E-state index contributed by atoms with van der Waals surface area (Å²) in [7, 11) is 0. The summed E-state index contributed by atoms with van der Waals surface area (Å²) in [5.41, 5.74) is 3.68. The Morgan fingerprint density at radius 2 is 2.07 bits per heavy atom. The molecule has 0 N–H and O–H groups in total. The van der Waals surface area contributed by atoms with Gasteiger partial charge in [0, 0.05) is 0 Å². The zero-order valence-corrected chi connectivity index (χ0v) is 10.5. The van der Waals surface area contributed by atoms with Crippen LogP contribution in [0.15, 0.2) is 23.8 Å². The van der Waals surface area contributed by atoms with E-state index < -0.39 is 0 Å². The fourth-order valence-electron chi connectivity index (χ4n) is 3.44. The van der Waals surface area contributed by atoms with Crippen molar-refractivity contribution in [2.45, 2.75) is 52.9 Å². The van der Waals surface area contributed by atoms with Crippen molar-refractivity contribution in [3.05, 3.63) is 23.8 Å². The number of hydrogen-bond acceptors (Lipinski definition) is 0. The van der Waals surface area contributed by atoms with Crippen LogP contribution in [0.25, 0.3) is 0 Å². The van der Waals surface area contributed by atoms with E-state index in [2.05, 4.69) is 33.4 Å². The summed E-state index contributed by atoms with van der Waals surface area (Å²) in [6, 6.07) is 0. The highest BCUT2D eigenvalue weighted by Crippen LogP contribution is 2.56. The van der Waals surface area contributed by atoms with Gasteiger partial charge in [-0.2, -0.15) is 0 Å². The zero-order chi connectivity index (χ0) is 11.1. The molecule has 2 aliphatic rings. The molecule has 1 fully saturated rings. The predicted molar refractivity (Wildman–Crippen MR) is 66.7 cm³/mol. The maximum atomic E-state index is 4.30. The summed E-state index contributed by atoms with van der Waals surface area (Å²) >= 11 is 0. The molecule has 2 atom stereocenters. The largest absolute Gasteiger partial charge is 0.0996 e. The summed E-state index contributed by atoms with van der Waals surface area (Å²) in [6.07, 6.45) is 8.90. The number of hydrogen-bond donors (Lipinski definition) is 0. The summed E-state index contributed by atoms with van der Waals surface area (Å²) in [6.45, 7) is 11.4. The van der Waals surface area contributed by atoms with Gasteiger partial charge in [0.15, 0.2) is 0 Å². The highest BCUT2D eigenvalue weighted by Gasteiger charge is 2.47. The average molecular weight is 204 g/mol. The topological polar surface area (TPSA) is 0 Å². The third kappa shape index (κ3) is 2.04.